The van der Waals surface area contributed by atoms with Gasteiger partial charge in [0.05, 0.1) is 0 Å². The van der Waals surface area contributed by atoms with Crippen LogP contribution >= 0.6 is 0 Å². The third-order valence-electron chi connectivity index (χ3n) is 2.51. The van der Waals surface area contributed by atoms with Gasteiger partial charge in [-0.1, -0.05) is 0 Å². The molecule has 1 saturated heterocycles. The fourth-order valence-corrected chi connectivity index (χ4v) is 1.96. The Hall–Kier alpha value is -0.610. The Morgan fingerprint density at radius 3 is 3.09 bits per heavy atom. The molecule has 4 nitrogen and oxygen atoms in total. The Morgan fingerprint density at radius 1 is 1.55 bits per heavy atom. The van der Waals surface area contributed by atoms with Crippen LogP contribution in [0.3, 0.4) is 0 Å². The average Bonchev–Trinajstić information content (AvgIpc) is 2.46. The highest BCUT2D eigenvalue weighted by Crippen LogP contribution is 2.37. The van der Waals surface area contributed by atoms with Crippen LogP contribution in [-0.4, -0.2) is 23.4 Å². The molecule has 1 aliphatic heterocycles. The summed E-state index contributed by atoms with van der Waals surface area (Å²) in [6.45, 7) is 0. The van der Waals surface area contributed by atoms with Gasteiger partial charge in [-0.3, -0.25) is 5.26 Å². The van der Waals surface area contributed by atoms with Gasteiger partial charge in [0.15, 0.2) is 6.10 Å². The van der Waals surface area contributed by atoms with E-state index in [0.717, 1.165) is 19.3 Å². The van der Waals surface area contributed by atoms with Crippen molar-refractivity contribution in [3.05, 3.63) is 0 Å². The minimum atomic E-state index is -0.720. The maximum Gasteiger partial charge on any atom is 0.339 e. The number of esters is 1. The van der Waals surface area contributed by atoms with Gasteiger partial charge < -0.3 is 4.74 Å². The van der Waals surface area contributed by atoms with Crippen LogP contribution in [0.4, 0.5) is 0 Å². The van der Waals surface area contributed by atoms with Crippen LogP contribution in [0.2, 0.25) is 0 Å². The Balaban J connectivity index is 2.13. The minimum absolute atomic E-state index is 0.000324. The first-order chi connectivity index (χ1) is 5.33. The number of ether oxygens (including phenoxy) is 1. The summed E-state index contributed by atoms with van der Waals surface area (Å²) >= 11 is 0. The molecule has 0 amide bonds. The number of hydrogen-bond donors (Lipinski definition) is 1. The number of rotatable bonds is 1. The van der Waals surface area contributed by atoms with E-state index < -0.39 is 12.1 Å². The van der Waals surface area contributed by atoms with Crippen molar-refractivity contribution in [2.24, 2.45) is 5.92 Å². The molecule has 1 aliphatic carbocycles. The van der Waals surface area contributed by atoms with Crippen LogP contribution in [0, 0.1) is 5.92 Å². The highest BCUT2D eigenvalue weighted by molar-refractivity contribution is 5.77. The first-order valence-electron chi connectivity index (χ1n) is 3.83. The third kappa shape index (κ3) is 0.937. The van der Waals surface area contributed by atoms with E-state index in [-0.39, 0.29) is 12.0 Å². The summed E-state index contributed by atoms with van der Waals surface area (Å²) in [5.41, 5.74) is 0. The van der Waals surface area contributed by atoms with Gasteiger partial charge >= 0.3 is 5.97 Å². The van der Waals surface area contributed by atoms with E-state index in [2.05, 4.69) is 4.89 Å². The summed E-state index contributed by atoms with van der Waals surface area (Å²) in [5.74, 6) is -0.324. The molecule has 0 aromatic heterocycles. The molecule has 0 aromatic carbocycles. The fourth-order valence-electron chi connectivity index (χ4n) is 1.96. The van der Waals surface area contributed by atoms with E-state index >= 15 is 0 Å². The second-order valence-electron chi connectivity index (χ2n) is 3.10. The largest absolute Gasteiger partial charge is 0.460 e. The molecule has 1 N–H and O–H groups in total. The van der Waals surface area contributed by atoms with E-state index in [1.54, 1.807) is 0 Å². The van der Waals surface area contributed by atoms with Crippen molar-refractivity contribution >= 4 is 5.97 Å². The van der Waals surface area contributed by atoms with Gasteiger partial charge in [0.2, 0.25) is 0 Å². The summed E-state index contributed by atoms with van der Waals surface area (Å²) in [6, 6.07) is 0. The van der Waals surface area contributed by atoms with Gasteiger partial charge in [-0.05, 0) is 19.3 Å². The lowest BCUT2D eigenvalue weighted by Gasteiger charge is -2.07. The molecule has 1 saturated carbocycles. The van der Waals surface area contributed by atoms with Crippen LogP contribution in [-0.2, 0) is 14.4 Å². The third-order valence-corrected chi connectivity index (χ3v) is 2.51. The second kappa shape index (κ2) is 2.46. The number of carbonyl (C=O) groups is 1. The van der Waals surface area contributed by atoms with Gasteiger partial charge in [-0.2, -0.15) is 0 Å². The van der Waals surface area contributed by atoms with Gasteiger partial charge in [-0.25, -0.2) is 9.68 Å². The van der Waals surface area contributed by atoms with Crippen molar-refractivity contribution in [1.82, 2.24) is 0 Å². The van der Waals surface area contributed by atoms with Gasteiger partial charge in [-0.15, -0.1) is 0 Å². The van der Waals surface area contributed by atoms with Crippen LogP contribution in [0.25, 0.3) is 0 Å². The molecule has 0 spiro atoms. The van der Waals surface area contributed by atoms with E-state index in [1.807, 2.05) is 0 Å². The lowest BCUT2D eigenvalue weighted by atomic mass is 10.0. The Bertz CT molecular complexity index is 179. The predicted molar refractivity (Wildman–Crippen MR) is 34.7 cm³/mol. The normalized spacial score (nSPS) is 42.3. The Morgan fingerprint density at radius 2 is 2.36 bits per heavy atom. The fraction of sp³-hybridized carbons (Fsp3) is 0.857. The average molecular weight is 158 g/mol. The van der Waals surface area contributed by atoms with E-state index in [0.29, 0.717) is 0 Å². The maximum absolute atomic E-state index is 10.9. The van der Waals surface area contributed by atoms with Crippen molar-refractivity contribution in [2.75, 3.05) is 0 Å². The predicted octanol–water partition coefficient (Wildman–Crippen LogP) is 0.570. The summed E-state index contributed by atoms with van der Waals surface area (Å²) < 4.78 is 4.96. The summed E-state index contributed by atoms with van der Waals surface area (Å²) in [6.07, 6.45) is 2.17. The lowest BCUT2D eigenvalue weighted by molar-refractivity contribution is -0.278. The molecule has 2 rings (SSSR count). The van der Waals surface area contributed by atoms with Crippen molar-refractivity contribution in [1.29, 1.82) is 0 Å². The molecule has 4 heteroatoms. The smallest absolute Gasteiger partial charge is 0.339 e. The molecular weight excluding hydrogens is 148 g/mol. The number of fused-ring (bicyclic) bond motifs is 1. The van der Waals surface area contributed by atoms with E-state index in [1.165, 1.54) is 0 Å². The second-order valence-corrected chi connectivity index (χ2v) is 3.10. The van der Waals surface area contributed by atoms with Crippen molar-refractivity contribution in [2.45, 2.75) is 31.5 Å². The molecule has 0 bridgehead atoms. The minimum Gasteiger partial charge on any atom is -0.460 e. The first kappa shape index (κ1) is 7.06. The quantitative estimate of drug-likeness (QED) is 0.344. The molecule has 62 valence electrons. The molecular formula is C7H10O4. The lowest BCUT2D eigenvalue weighted by Crippen LogP contribution is -2.24. The monoisotopic (exact) mass is 158 g/mol. The highest BCUT2D eigenvalue weighted by Gasteiger charge is 2.48. The molecule has 2 fully saturated rings. The zero-order valence-electron chi connectivity index (χ0n) is 6.03. The zero-order valence-corrected chi connectivity index (χ0v) is 6.03. The molecule has 0 radical (unpaired) electrons. The van der Waals surface area contributed by atoms with Crippen molar-refractivity contribution in [3.63, 3.8) is 0 Å². The number of hydrogen-bond acceptors (Lipinski definition) is 4. The number of carbonyl (C=O) groups excluding carboxylic acids is 1. The van der Waals surface area contributed by atoms with Crippen LogP contribution in [0.5, 0.6) is 0 Å². The molecule has 11 heavy (non-hydrogen) atoms. The molecule has 2 aliphatic rings. The summed E-state index contributed by atoms with van der Waals surface area (Å²) in [5, 5.41) is 8.38. The zero-order chi connectivity index (χ0) is 7.84. The van der Waals surface area contributed by atoms with E-state index in [9.17, 15) is 4.79 Å². The molecule has 1 heterocycles. The summed E-state index contributed by atoms with van der Waals surface area (Å²) in [7, 11) is 0. The van der Waals surface area contributed by atoms with Gasteiger partial charge in [0.25, 0.3) is 0 Å². The van der Waals surface area contributed by atoms with Crippen LogP contribution in [0.1, 0.15) is 19.3 Å². The SMILES string of the molecule is O=C1OC2CCCC2C1OO. The van der Waals surface area contributed by atoms with Gasteiger partial charge in [0.1, 0.15) is 6.10 Å². The van der Waals surface area contributed by atoms with Crippen LogP contribution in [0.15, 0.2) is 0 Å². The molecule has 0 aromatic rings. The van der Waals surface area contributed by atoms with Gasteiger partial charge in [0, 0.05) is 5.92 Å². The van der Waals surface area contributed by atoms with Crippen molar-refractivity contribution < 1.29 is 19.7 Å². The standard InChI is InChI=1S/C7H10O4/c8-7-6(11-9)4-2-1-3-5(4)10-7/h4-6,9H,1-3H2. The Labute approximate surface area is 64.0 Å². The van der Waals surface area contributed by atoms with Crippen molar-refractivity contribution in [3.8, 4) is 0 Å². The van der Waals surface area contributed by atoms with E-state index in [4.69, 9.17) is 9.99 Å². The first-order valence-corrected chi connectivity index (χ1v) is 3.83. The Kier molecular flexibility index (Phi) is 1.58. The topological polar surface area (TPSA) is 55.8 Å². The molecule has 3 unspecified atom stereocenters. The summed E-state index contributed by atoms with van der Waals surface area (Å²) in [4.78, 5) is 15.0. The maximum atomic E-state index is 10.9. The van der Waals surface area contributed by atoms with Crippen LogP contribution < -0.4 is 0 Å². The highest BCUT2D eigenvalue weighted by atomic mass is 17.1. The molecule has 3 atom stereocenters.